The van der Waals surface area contributed by atoms with Crippen molar-refractivity contribution in [2.75, 3.05) is 27.2 Å². The second kappa shape index (κ2) is 4.94. The zero-order chi connectivity index (χ0) is 9.68. The number of hydrogen-bond donors (Lipinski definition) is 1. The molecular formula is C8H17N5. The molecule has 0 radical (unpaired) electrons. The molecule has 0 fully saturated rings. The lowest BCUT2D eigenvalue weighted by Crippen LogP contribution is -2.27. The van der Waals surface area contributed by atoms with Crippen molar-refractivity contribution in [1.82, 2.24) is 25.0 Å². The number of rotatable bonds is 5. The van der Waals surface area contributed by atoms with Crippen LogP contribution in [-0.4, -0.2) is 46.8 Å². The third kappa shape index (κ3) is 3.52. The van der Waals surface area contributed by atoms with Crippen molar-refractivity contribution in [1.29, 1.82) is 0 Å². The fourth-order valence-electron chi connectivity index (χ4n) is 0.983. The maximum Gasteiger partial charge on any atom is 0.140 e. The molecular weight excluding hydrogens is 166 g/mol. The van der Waals surface area contributed by atoms with Crippen LogP contribution in [0.4, 0.5) is 0 Å². The van der Waals surface area contributed by atoms with Gasteiger partial charge in [-0.2, -0.15) is 5.10 Å². The molecule has 5 nitrogen and oxygen atoms in total. The van der Waals surface area contributed by atoms with Gasteiger partial charge in [0.25, 0.3) is 0 Å². The van der Waals surface area contributed by atoms with E-state index >= 15 is 0 Å². The molecule has 1 aromatic rings. The number of likely N-dealkylation sites (N-methyl/N-ethyl adjacent to an activating group) is 1. The van der Waals surface area contributed by atoms with Crippen molar-refractivity contribution in [3.05, 3.63) is 12.2 Å². The first-order valence-corrected chi connectivity index (χ1v) is 4.38. The molecule has 0 aromatic carbocycles. The smallest absolute Gasteiger partial charge is 0.140 e. The summed E-state index contributed by atoms with van der Waals surface area (Å²) in [6.45, 7) is 2.79. The maximum absolute atomic E-state index is 4.11. The highest BCUT2D eigenvalue weighted by molar-refractivity contribution is 4.81. The predicted molar refractivity (Wildman–Crippen MR) is 51.3 cm³/mol. The summed E-state index contributed by atoms with van der Waals surface area (Å²) in [5, 5.41) is 7.28. The summed E-state index contributed by atoms with van der Waals surface area (Å²) in [5.74, 6) is 0.971. The summed E-state index contributed by atoms with van der Waals surface area (Å²) in [6, 6.07) is 0. The van der Waals surface area contributed by atoms with E-state index in [0.717, 1.165) is 25.5 Å². The Kier molecular flexibility index (Phi) is 3.85. The van der Waals surface area contributed by atoms with Crippen LogP contribution in [0.5, 0.6) is 0 Å². The Labute approximate surface area is 78.8 Å². The monoisotopic (exact) mass is 183 g/mol. The summed E-state index contributed by atoms with van der Waals surface area (Å²) >= 11 is 0. The van der Waals surface area contributed by atoms with E-state index in [4.69, 9.17) is 0 Å². The fraction of sp³-hybridized carbons (Fsp3) is 0.750. The Bertz CT molecular complexity index is 242. The minimum Gasteiger partial charge on any atom is -0.309 e. The first-order chi connectivity index (χ1) is 6.20. The molecule has 0 unspecified atom stereocenters. The van der Waals surface area contributed by atoms with E-state index in [9.17, 15) is 0 Å². The van der Waals surface area contributed by atoms with Gasteiger partial charge in [0, 0.05) is 20.1 Å². The molecule has 1 heterocycles. The van der Waals surface area contributed by atoms with Gasteiger partial charge in [0.2, 0.25) is 0 Å². The summed E-state index contributed by atoms with van der Waals surface area (Å²) in [6.07, 6.45) is 1.57. The quantitative estimate of drug-likeness (QED) is 0.623. The van der Waals surface area contributed by atoms with Crippen molar-refractivity contribution in [2.24, 2.45) is 7.05 Å². The van der Waals surface area contributed by atoms with Crippen molar-refractivity contribution in [3.63, 3.8) is 0 Å². The predicted octanol–water partition coefficient (Wildman–Crippen LogP) is -0.534. The largest absolute Gasteiger partial charge is 0.309 e. The van der Waals surface area contributed by atoms with E-state index in [1.54, 1.807) is 11.0 Å². The van der Waals surface area contributed by atoms with E-state index in [-0.39, 0.29) is 0 Å². The molecule has 1 aromatic heterocycles. The zero-order valence-corrected chi connectivity index (χ0v) is 8.49. The fourth-order valence-corrected chi connectivity index (χ4v) is 0.983. The second-order valence-electron chi connectivity index (χ2n) is 3.28. The van der Waals surface area contributed by atoms with E-state index in [1.165, 1.54) is 0 Å². The molecule has 0 atom stereocenters. The molecule has 0 aliphatic carbocycles. The van der Waals surface area contributed by atoms with E-state index < -0.39 is 0 Å². The van der Waals surface area contributed by atoms with Crippen LogP contribution in [0, 0.1) is 0 Å². The van der Waals surface area contributed by atoms with Crippen LogP contribution in [0.3, 0.4) is 0 Å². The molecule has 0 aliphatic heterocycles. The lowest BCUT2D eigenvalue weighted by atomic mass is 10.5. The Morgan fingerprint density at radius 2 is 2.31 bits per heavy atom. The van der Waals surface area contributed by atoms with Gasteiger partial charge in [-0.3, -0.25) is 4.68 Å². The van der Waals surface area contributed by atoms with Gasteiger partial charge in [-0.1, -0.05) is 0 Å². The maximum atomic E-state index is 4.11. The molecule has 0 saturated carbocycles. The van der Waals surface area contributed by atoms with Crippen molar-refractivity contribution in [3.8, 4) is 0 Å². The summed E-state index contributed by atoms with van der Waals surface area (Å²) < 4.78 is 1.78. The van der Waals surface area contributed by atoms with E-state index in [2.05, 4.69) is 34.4 Å². The van der Waals surface area contributed by atoms with E-state index in [0.29, 0.717) is 0 Å². The number of aromatic nitrogens is 3. The SMILES string of the molecule is CN(C)CCNCc1ncnn1C. The van der Waals surface area contributed by atoms with Gasteiger partial charge >= 0.3 is 0 Å². The van der Waals surface area contributed by atoms with Crippen LogP contribution in [0.15, 0.2) is 6.33 Å². The van der Waals surface area contributed by atoms with Crippen molar-refractivity contribution in [2.45, 2.75) is 6.54 Å². The number of nitrogens with one attached hydrogen (secondary N) is 1. The minimum absolute atomic E-state index is 0.782. The highest BCUT2D eigenvalue weighted by Gasteiger charge is 1.98. The van der Waals surface area contributed by atoms with Crippen molar-refractivity contribution < 1.29 is 0 Å². The highest BCUT2D eigenvalue weighted by Crippen LogP contribution is 1.88. The molecule has 0 saturated heterocycles. The topological polar surface area (TPSA) is 46.0 Å². The van der Waals surface area contributed by atoms with Gasteiger partial charge in [-0.25, -0.2) is 4.98 Å². The van der Waals surface area contributed by atoms with Crippen LogP contribution in [0.1, 0.15) is 5.82 Å². The minimum atomic E-state index is 0.782. The van der Waals surface area contributed by atoms with Gasteiger partial charge < -0.3 is 10.2 Å². The Morgan fingerprint density at radius 1 is 1.54 bits per heavy atom. The number of hydrogen-bond acceptors (Lipinski definition) is 4. The molecule has 0 spiro atoms. The normalized spacial score (nSPS) is 11.1. The van der Waals surface area contributed by atoms with Gasteiger partial charge in [0.1, 0.15) is 12.2 Å². The molecule has 0 bridgehead atoms. The number of aryl methyl sites for hydroxylation is 1. The van der Waals surface area contributed by atoms with Crippen LogP contribution in [0.2, 0.25) is 0 Å². The lowest BCUT2D eigenvalue weighted by Gasteiger charge is -2.09. The molecule has 74 valence electrons. The standard InChI is InChI=1S/C8H17N5/c1-12(2)5-4-9-6-8-10-7-11-13(8)3/h7,9H,4-6H2,1-3H3. The third-order valence-electron chi connectivity index (χ3n) is 1.82. The van der Waals surface area contributed by atoms with Gasteiger partial charge in [0.05, 0.1) is 6.54 Å². The summed E-state index contributed by atoms with van der Waals surface area (Å²) in [4.78, 5) is 6.25. The Hall–Kier alpha value is -0.940. The van der Waals surface area contributed by atoms with Crippen molar-refractivity contribution >= 4 is 0 Å². The third-order valence-corrected chi connectivity index (χ3v) is 1.82. The van der Waals surface area contributed by atoms with Crippen LogP contribution in [0.25, 0.3) is 0 Å². The first-order valence-electron chi connectivity index (χ1n) is 4.38. The number of nitrogens with zero attached hydrogens (tertiary/aromatic N) is 4. The average Bonchev–Trinajstić information content (AvgIpc) is 2.45. The highest BCUT2D eigenvalue weighted by atomic mass is 15.3. The Balaban J connectivity index is 2.17. The Morgan fingerprint density at radius 3 is 2.85 bits per heavy atom. The van der Waals surface area contributed by atoms with Crippen LogP contribution in [-0.2, 0) is 13.6 Å². The van der Waals surface area contributed by atoms with E-state index in [1.807, 2.05) is 7.05 Å². The van der Waals surface area contributed by atoms with Gasteiger partial charge in [0.15, 0.2) is 0 Å². The van der Waals surface area contributed by atoms with Gasteiger partial charge in [-0.15, -0.1) is 0 Å². The zero-order valence-electron chi connectivity index (χ0n) is 8.49. The molecule has 5 heteroatoms. The molecule has 13 heavy (non-hydrogen) atoms. The van der Waals surface area contributed by atoms with Crippen LogP contribution >= 0.6 is 0 Å². The molecule has 0 aliphatic rings. The molecule has 1 N–H and O–H groups in total. The summed E-state index contributed by atoms with van der Waals surface area (Å²) in [7, 11) is 6.02. The molecule has 0 amide bonds. The van der Waals surface area contributed by atoms with Gasteiger partial charge in [-0.05, 0) is 14.1 Å². The van der Waals surface area contributed by atoms with Crippen LogP contribution < -0.4 is 5.32 Å². The summed E-state index contributed by atoms with van der Waals surface area (Å²) in [5.41, 5.74) is 0. The molecule has 1 rings (SSSR count). The first kappa shape index (κ1) is 10.1. The second-order valence-corrected chi connectivity index (χ2v) is 3.28. The average molecular weight is 183 g/mol. The lowest BCUT2D eigenvalue weighted by molar-refractivity contribution is 0.397.